The molecule has 0 saturated heterocycles. The molecule has 0 radical (unpaired) electrons. The lowest BCUT2D eigenvalue weighted by Gasteiger charge is -2.33. The van der Waals surface area contributed by atoms with Crippen molar-refractivity contribution in [2.75, 3.05) is 10.8 Å². The Labute approximate surface area is 236 Å². The van der Waals surface area contributed by atoms with Crippen molar-refractivity contribution < 1.29 is 22.4 Å². The van der Waals surface area contributed by atoms with Gasteiger partial charge >= 0.3 is 0 Å². The van der Waals surface area contributed by atoms with Crippen LogP contribution >= 0.6 is 0 Å². The van der Waals surface area contributed by atoms with E-state index in [1.807, 2.05) is 6.92 Å². The Balaban J connectivity index is 1.65. The zero-order valence-corrected chi connectivity index (χ0v) is 23.7. The van der Waals surface area contributed by atoms with Crippen molar-refractivity contribution in [3.05, 3.63) is 95.8 Å². The third-order valence-electron chi connectivity index (χ3n) is 7.32. The molecule has 9 heteroatoms. The monoisotopic (exact) mass is 565 g/mol. The molecular formula is C31H36FN3O4S. The van der Waals surface area contributed by atoms with Crippen LogP contribution in [0.2, 0.25) is 0 Å². The molecule has 0 heterocycles. The Morgan fingerprint density at radius 3 is 2.17 bits per heavy atom. The van der Waals surface area contributed by atoms with Gasteiger partial charge in [0.15, 0.2) is 0 Å². The van der Waals surface area contributed by atoms with Crippen LogP contribution in [0.1, 0.15) is 50.2 Å². The van der Waals surface area contributed by atoms with Crippen molar-refractivity contribution in [2.45, 2.75) is 69.5 Å². The Morgan fingerprint density at radius 1 is 0.925 bits per heavy atom. The molecule has 0 aromatic heterocycles. The topological polar surface area (TPSA) is 86.8 Å². The highest BCUT2D eigenvalue weighted by atomic mass is 32.2. The number of nitrogens with one attached hydrogen (secondary N) is 1. The lowest BCUT2D eigenvalue weighted by Crippen LogP contribution is -2.53. The zero-order chi connectivity index (χ0) is 28.7. The third-order valence-corrected chi connectivity index (χ3v) is 9.11. The molecule has 7 nitrogen and oxygen atoms in total. The van der Waals surface area contributed by atoms with Gasteiger partial charge in [-0.25, -0.2) is 12.8 Å². The van der Waals surface area contributed by atoms with E-state index in [0.717, 1.165) is 42.0 Å². The average molecular weight is 566 g/mol. The van der Waals surface area contributed by atoms with Crippen LogP contribution in [0.25, 0.3) is 0 Å². The fourth-order valence-electron chi connectivity index (χ4n) is 4.90. The minimum atomic E-state index is -4.11. The summed E-state index contributed by atoms with van der Waals surface area (Å²) in [6.07, 6.45) is 5.00. The molecule has 0 aliphatic heterocycles. The van der Waals surface area contributed by atoms with Crippen LogP contribution in [0.4, 0.5) is 10.1 Å². The predicted octanol–water partition coefficient (Wildman–Crippen LogP) is 5.20. The number of sulfonamides is 1. The van der Waals surface area contributed by atoms with Gasteiger partial charge in [-0.1, -0.05) is 67.3 Å². The van der Waals surface area contributed by atoms with Gasteiger partial charge in [-0.05, 0) is 68.7 Å². The van der Waals surface area contributed by atoms with Crippen LogP contribution in [0.3, 0.4) is 0 Å². The highest BCUT2D eigenvalue weighted by Crippen LogP contribution is 2.25. The minimum absolute atomic E-state index is 0.0193. The molecule has 1 unspecified atom stereocenters. The molecule has 1 aliphatic carbocycles. The summed E-state index contributed by atoms with van der Waals surface area (Å²) in [4.78, 5) is 28.7. The number of nitrogens with zero attached hydrogens (tertiary/aromatic N) is 2. The molecule has 1 fully saturated rings. The van der Waals surface area contributed by atoms with Crippen LogP contribution in [-0.4, -0.2) is 43.8 Å². The van der Waals surface area contributed by atoms with Crippen LogP contribution in [0, 0.1) is 12.7 Å². The fraction of sp³-hybridized carbons (Fsp3) is 0.355. The molecule has 3 aromatic carbocycles. The normalized spacial score (nSPS) is 14.8. The van der Waals surface area contributed by atoms with Crippen molar-refractivity contribution in [2.24, 2.45) is 0 Å². The van der Waals surface area contributed by atoms with Gasteiger partial charge in [-0.3, -0.25) is 13.9 Å². The summed E-state index contributed by atoms with van der Waals surface area (Å²) in [7, 11) is -4.11. The van der Waals surface area contributed by atoms with Crippen molar-refractivity contribution >= 4 is 27.5 Å². The number of aryl methyl sites for hydroxylation is 1. The maximum Gasteiger partial charge on any atom is 0.264 e. The molecule has 0 bridgehead atoms. The number of amides is 2. The number of rotatable bonds is 10. The van der Waals surface area contributed by atoms with Crippen molar-refractivity contribution in [3.63, 3.8) is 0 Å². The van der Waals surface area contributed by atoms with E-state index in [1.54, 1.807) is 61.5 Å². The second kappa shape index (κ2) is 13.1. The van der Waals surface area contributed by atoms with E-state index in [4.69, 9.17) is 0 Å². The van der Waals surface area contributed by atoms with Crippen molar-refractivity contribution in [1.82, 2.24) is 10.2 Å². The highest BCUT2D eigenvalue weighted by Gasteiger charge is 2.33. The first-order chi connectivity index (χ1) is 19.1. The molecule has 0 spiro atoms. The van der Waals surface area contributed by atoms with E-state index in [2.05, 4.69) is 5.32 Å². The van der Waals surface area contributed by atoms with Gasteiger partial charge < -0.3 is 10.2 Å². The summed E-state index contributed by atoms with van der Waals surface area (Å²) < 4.78 is 42.2. The molecule has 1 saturated carbocycles. The summed E-state index contributed by atoms with van der Waals surface area (Å²) in [6, 6.07) is 19.7. The molecule has 212 valence electrons. The first-order valence-corrected chi connectivity index (χ1v) is 15.1. The van der Waals surface area contributed by atoms with Crippen LogP contribution in [0.5, 0.6) is 0 Å². The number of carbonyl (C=O) groups excluding carboxylic acids is 2. The van der Waals surface area contributed by atoms with E-state index in [-0.39, 0.29) is 23.4 Å². The smallest absolute Gasteiger partial charge is 0.264 e. The van der Waals surface area contributed by atoms with E-state index in [9.17, 15) is 22.4 Å². The Kier molecular flexibility index (Phi) is 9.58. The zero-order valence-electron chi connectivity index (χ0n) is 22.9. The van der Waals surface area contributed by atoms with Gasteiger partial charge in [0.2, 0.25) is 11.8 Å². The summed E-state index contributed by atoms with van der Waals surface area (Å²) in [5.41, 5.74) is 1.90. The maximum absolute atomic E-state index is 13.9. The number of anilines is 1. The Hall–Kier alpha value is -3.72. The van der Waals surface area contributed by atoms with Gasteiger partial charge in [-0.15, -0.1) is 0 Å². The summed E-state index contributed by atoms with van der Waals surface area (Å²) >= 11 is 0. The molecule has 3 aromatic rings. The van der Waals surface area contributed by atoms with E-state index < -0.39 is 34.3 Å². The van der Waals surface area contributed by atoms with E-state index >= 15 is 0 Å². The maximum atomic E-state index is 13.9. The molecule has 40 heavy (non-hydrogen) atoms. The third kappa shape index (κ3) is 7.27. The van der Waals surface area contributed by atoms with Gasteiger partial charge in [-0.2, -0.15) is 0 Å². The van der Waals surface area contributed by atoms with Crippen molar-refractivity contribution in [1.29, 1.82) is 0 Å². The van der Waals surface area contributed by atoms with Gasteiger partial charge in [0.25, 0.3) is 10.0 Å². The Bertz CT molecular complexity index is 1390. The SMILES string of the molecule is Cc1ccc(N(CC(=O)N(Cc2ccc(F)cc2)C(C)C(=O)NC2CCCCC2)S(=O)(=O)c2ccccc2)cc1. The molecule has 2 amide bonds. The largest absolute Gasteiger partial charge is 0.352 e. The second-order valence-corrected chi connectivity index (χ2v) is 12.2. The van der Waals surface area contributed by atoms with E-state index in [1.165, 1.54) is 29.2 Å². The lowest BCUT2D eigenvalue weighted by molar-refractivity contribution is -0.139. The highest BCUT2D eigenvalue weighted by molar-refractivity contribution is 7.92. The number of benzene rings is 3. The number of hydrogen-bond donors (Lipinski definition) is 1. The molecule has 1 aliphatic rings. The first-order valence-electron chi connectivity index (χ1n) is 13.6. The minimum Gasteiger partial charge on any atom is -0.352 e. The molecule has 4 rings (SSSR count). The lowest BCUT2D eigenvalue weighted by atomic mass is 9.95. The predicted molar refractivity (Wildman–Crippen MR) is 154 cm³/mol. The van der Waals surface area contributed by atoms with Crippen molar-refractivity contribution in [3.8, 4) is 0 Å². The number of carbonyl (C=O) groups is 2. The fourth-order valence-corrected chi connectivity index (χ4v) is 6.33. The standard InChI is InChI=1S/C31H36FN3O4S/c1-23-13-19-28(20-14-23)35(40(38,39)29-11-7-4-8-12-29)22-30(36)34(21-25-15-17-26(32)18-16-25)24(2)31(37)33-27-9-5-3-6-10-27/h4,7-8,11-20,24,27H,3,5-6,9-10,21-22H2,1-2H3,(H,33,37). The van der Waals surface area contributed by atoms with Crippen LogP contribution < -0.4 is 9.62 Å². The summed E-state index contributed by atoms with van der Waals surface area (Å²) in [5.74, 6) is -1.25. The van der Waals surface area contributed by atoms with Gasteiger partial charge in [0.1, 0.15) is 18.4 Å². The quantitative estimate of drug-likeness (QED) is 0.366. The second-order valence-electron chi connectivity index (χ2n) is 10.3. The van der Waals surface area contributed by atoms with Crippen LogP contribution in [0.15, 0.2) is 83.8 Å². The molecule has 1 atom stereocenters. The van der Waals surface area contributed by atoms with Gasteiger partial charge in [0, 0.05) is 12.6 Å². The van der Waals surface area contributed by atoms with Gasteiger partial charge in [0.05, 0.1) is 10.6 Å². The average Bonchev–Trinajstić information content (AvgIpc) is 2.96. The number of hydrogen-bond acceptors (Lipinski definition) is 4. The van der Waals surface area contributed by atoms with Crippen LogP contribution in [-0.2, 0) is 26.2 Å². The molecule has 1 N–H and O–H groups in total. The molecular weight excluding hydrogens is 529 g/mol. The summed E-state index contributed by atoms with van der Waals surface area (Å²) in [6.45, 7) is 3.04. The summed E-state index contributed by atoms with van der Waals surface area (Å²) in [5, 5.41) is 3.07. The number of halogens is 1. The first kappa shape index (κ1) is 29.3. The van der Waals surface area contributed by atoms with E-state index in [0.29, 0.717) is 11.3 Å². The Morgan fingerprint density at radius 2 is 1.55 bits per heavy atom.